The minimum atomic E-state index is 0.430. The number of hydrogen-bond acceptors (Lipinski definition) is 3. The zero-order valence-electron chi connectivity index (χ0n) is 12.1. The van der Waals surface area contributed by atoms with Crippen LogP contribution in [-0.4, -0.2) is 22.3 Å². The fourth-order valence-electron chi connectivity index (χ4n) is 3.06. The van der Waals surface area contributed by atoms with Crippen molar-refractivity contribution in [1.29, 1.82) is 0 Å². The van der Waals surface area contributed by atoms with Crippen LogP contribution in [0.15, 0.2) is 18.2 Å². The molecule has 2 aromatic rings. The Morgan fingerprint density at radius 2 is 2.35 bits per heavy atom. The van der Waals surface area contributed by atoms with Crippen molar-refractivity contribution in [1.82, 2.24) is 9.55 Å². The van der Waals surface area contributed by atoms with E-state index >= 15 is 0 Å². The number of imidazole rings is 1. The van der Waals surface area contributed by atoms with Gasteiger partial charge >= 0.3 is 0 Å². The van der Waals surface area contributed by atoms with Gasteiger partial charge in [0.1, 0.15) is 5.82 Å². The lowest BCUT2D eigenvalue weighted by Crippen LogP contribution is -2.09. The van der Waals surface area contributed by atoms with E-state index in [-0.39, 0.29) is 0 Å². The van der Waals surface area contributed by atoms with E-state index in [9.17, 15) is 0 Å². The molecule has 1 aliphatic heterocycles. The van der Waals surface area contributed by atoms with E-state index in [1.165, 1.54) is 24.2 Å². The molecule has 1 aromatic carbocycles. The van der Waals surface area contributed by atoms with E-state index < -0.39 is 0 Å². The van der Waals surface area contributed by atoms with Crippen LogP contribution in [0.25, 0.3) is 11.0 Å². The van der Waals surface area contributed by atoms with Crippen molar-refractivity contribution in [3.8, 4) is 0 Å². The first-order valence-corrected chi connectivity index (χ1v) is 7.61. The minimum Gasteiger partial charge on any atom is -0.378 e. The third kappa shape index (κ3) is 2.58. The molecule has 1 aromatic heterocycles. The highest BCUT2D eigenvalue weighted by atomic mass is 16.5. The van der Waals surface area contributed by atoms with Gasteiger partial charge in [-0.15, -0.1) is 0 Å². The van der Waals surface area contributed by atoms with Crippen LogP contribution in [0, 0.1) is 0 Å². The molecule has 2 heterocycles. The SMILES string of the molecule is CCn1c(CCC2CCCO2)nc2cc(CN)ccc21. The molecule has 4 nitrogen and oxygen atoms in total. The molecule has 1 fully saturated rings. The van der Waals surface area contributed by atoms with E-state index in [4.69, 9.17) is 15.5 Å². The maximum absolute atomic E-state index is 5.71. The highest BCUT2D eigenvalue weighted by Gasteiger charge is 2.17. The summed E-state index contributed by atoms with van der Waals surface area (Å²) >= 11 is 0. The molecule has 0 saturated carbocycles. The van der Waals surface area contributed by atoms with E-state index in [1.54, 1.807) is 0 Å². The van der Waals surface area contributed by atoms with Gasteiger partial charge in [0.15, 0.2) is 0 Å². The average molecular weight is 273 g/mol. The molecule has 0 aliphatic carbocycles. The second kappa shape index (κ2) is 5.94. The molecule has 1 unspecified atom stereocenters. The summed E-state index contributed by atoms with van der Waals surface area (Å²) in [5, 5.41) is 0. The first-order chi connectivity index (χ1) is 9.81. The highest BCUT2D eigenvalue weighted by molar-refractivity contribution is 5.77. The normalized spacial score (nSPS) is 19.0. The summed E-state index contributed by atoms with van der Waals surface area (Å²) in [4.78, 5) is 4.80. The van der Waals surface area contributed by atoms with Crippen LogP contribution in [0.2, 0.25) is 0 Å². The van der Waals surface area contributed by atoms with E-state index in [2.05, 4.69) is 29.7 Å². The molecule has 1 atom stereocenters. The zero-order chi connectivity index (χ0) is 13.9. The lowest BCUT2D eigenvalue weighted by atomic mass is 10.1. The second-order valence-electron chi connectivity index (χ2n) is 5.47. The molecule has 2 N–H and O–H groups in total. The van der Waals surface area contributed by atoms with Gasteiger partial charge in [0.25, 0.3) is 0 Å². The van der Waals surface area contributed by atoms with Crippen molar-refractivity contribution < 1.29 is 4.74 Å². The Morgan fingerprint density at radius 3 is 3.05 bits per heavy atom. The number of benzene rings is 1. The number of nitrogens with zero attached hydrogens (tertiary/aromatic N) is 2. The lowest BCUT2D eigenvalue weighted by molar-refractivity contribution is 0.104. The Bertz CT molecular complexity index is 585. The van der Waals surface area contributed by atoms with Gasteiger partial charge in [-0.1, -0.05) is 6.07 Å². The maximum atomic E-state index is 5.71. The molecule has 3 rings (SSSR count). The number of ether oxygens (including phenoxy) is 1. The van der Waals surface area contributed by atoms with Crippen LogP contribution < -0.4 is 5.73 Å². The summed E-state index contributed by atoms with van der Waals surface area (Å²) < 4.78 is 8.02. The monoisotopic (exact) mass is 273 g/mol. The quantitative estimate of drug-likeness (QED) is 0.911. The van der Waals surface area contributed by atoms with Crippen molar-refractivity contribution in [3.05, 3.63) is 29.6 Å². The Hall–Kier alpha value is -1.39. The molecular formula is C16H23N3O. The van der Waals surface area contributed by atoms with Gasteiger partial charge in [-0.3, -0.25) is 0 Å². The van der Waals surface area contributed by atoms with Crippen molar-refractivity contribution in [2.45, 2.75) is 51.8 Å². The highest BCUT2D eigenvalue weighted by Crippen LogP contribution is 2.22. The van der Waals surface area contributed by atoms with Crippen LogP contribution in [-0.2, 0) is 24.2 Å². The molecule has 20 heavy (non-hydrogen) atoms. The Morgan fingerprint density at radius 1 is 1.45 bits per heavy atom. The number of hydrogen-bond donors (Lipinski definition) is 1. The molecule has 1 saturated heterocycles. The number of aryl methyl sites for hydroxylation is 2. The van der Waals surface area contributed by atoms with Crippen LogP contribution >= 0.6 is 0 Å². The Kier molecular flexibility index (Phi) is 4.03. The predicted octanol–water partition coefficient (Wildman–Crippen LogP) is 2.63. The average Bonchev–Trinajstić information content (AvgIpc) is 3.10. The van der Waals surface area contributed by atoms with Crippen LogP contribution in [0.4, 0.5) is 0 Å². The summed E-state index contributed by atoms with van der Waals surface area (Å²) in [5.74, 6) is 1.17. The van der Waals surface area contributed by atoms with Gasteiger partial charge in [0, 0.05) is 26.1 Å². The fourth-order valence-corrected chi connectivity index (χ4v) is 3.06. The molecule has 4 heteroatoms. The standard InChI is InChI=1S/C16H23N3O/c1-2-19-15-7-5-12(11-17)10-14(15)18-16(19)8-6-13-4-3-9-20-13/h5,7,10,13H,2-4,6,8-9,11,17H2,1H3. The van der Waals surface area contributed by atoms with Crippen molar-refractivity contribution in [3.63, 3.8) is 0 Å². The minimum absolute atomic E-state index is 0.430. The molecule has 0 spiro atoms. The van der Waals surface area contributed by atoms with Crippen LogP contribution in [0.3, 0.4) is 0 Å². The maximum Gasteiger partial charge on any atom is 0.109 e. The number of rotatable bonds is 5. The third-order valence-electron chi connectivity index (χ3n) is 4.16. The van der Waals surface area contributed by atoms with Gasteiger partial charge in [-0.2, -0.15) is 0 Å². The van der Waals surface area contributed by atoms with Crippen molar-refractivity contribution in [2.75, 3.05) is 6.61 Å². The lowest BCUT2D eigenvalue weighted by Gasteiger charge is -2.10. The fraction of sp³-hybridized carbons (Fsp3) is 0.562. The smallest absolute Gasteiger partial charge is 0.109 e. The second-order valence-corrected chi connectivity index (χ2v) is 5.47. The van der Waals surface area contributed by atoms with Gasteiger partial charge in [-0.05, 0) is 43.9 Å². The molecule has 108 valence electrons. The van der Waals surface area contributed by atoms with Crippen molar-refractivity contribution in [2.24, 2.45) is 5.73 Å². The van der Waals surface area contributed by atoms with E-state index in [0.29, 0.717) is 12.6 Å². The summed E-state index contributed by atoms with van der Waals surface area (Å²) in [6.07, 6.45) is 4.90. The van der Waals surface area contributed by atoms with Gasteiger partial charge in [-0.25, -0.2) is 4.98 Å². The van der Waals surface area contributed by atoms with Gasteiger partial charge < -0.3 is 15.0 Å². The summed E-state index contributed by atoms with van der Waals surface area (Å²) in [6.45, 7) is 4.63. The number of fused-ring (bicyclic) bond motifs is 1. The molecule has 0 amide bonds. The number of aromatic nitrogens is 2. The largest absolute Gasteiger partial charge is 0.378 e. The summed E-state index contributed by atoms with van der Waals surface area (Å²) in [6, 6.07) is 6.35. The molecule has 1 aliphatic rings. The zero-order valence-corrected chi connectivity index (χ0v) is 12.1. The van der Waals surface area contributed by atoms with Crippen LogP contribution in [0.1, 0.15) is 37.6 Å². The first kappa shape index (κ1) is 13.6. The third-order valence-corrected chi connectivity index (χ3v) is 4.16. The summed E-state index contributed by atoms with van der Waals surface area (Å²) in [7, 11) is 0. The topological polar surface area (TPSA) is 53.1 Å². The van der Waals surface area contributed by atoms with E-state index in [0.717, 1.165) is 37.1 Å². The Labute approximate surface area is 119 Å². The van der Waals surface area contributed by atoms with Gasteiger partial charge in [0.2, 0.25) is 0 Å². The predicted molar refractivity (Wildman–Crippen MR) is 80.6 cm³/mol. The first-order valence-electron chi connectivity index (χ1n) is 7.61. The van der Waals surface area contributed by atoms with Crippen molar-refractivity contribution >= 4 is 11.0 Å². The summed E-state index contributed by atoms with van der Waals surface area (Å²) in [5.41, 5.74) is 9.13. The molecule has 0 radical (unpaired) electrons. The van der Waals surface area contributed by atoms with E-state index in [1.807, 2.05) is 0 Å². The van der Waals surface area contributed by atoms with Gasteiger partial charge in [0.05, 0.1) is 17.1 Å². The molecular weight excluding hydrogens is 250 g/mol. The number of nitrogens with two attached hydrogens (primary N) is 1. The Balaban J connectivity index is 1.84. The molecule has 0 bridgehead atoms. The van der Waals surface area contributed by atoms with Crippen LogP contribution in [0.5, 0.6) is 0 Å².